The normalized spacial score (nSPS) is 24.2. The van der Waals surface area contributed by atoms with Gasteiger partial charge in [0.05, 0.1) is 4.92 Å². The van der Waals surface area contributed by atoms with E-state index in [0.29, 0.717) is 11.6 Å². The Morgan fingerprint density at radius 1 is 1.53 bits per heavy atom. The molecule has 2 atom stereocenters. The van der Waals surface area contributed by atoms with Gasteiger partial charge in [-0.1, -0.05) is 24.6 Å². The van der Waals surface area contributed by atoms with E-state index in [9.17, 15) is 10.1 Å². The Hall–Kier alpha value is -1.33. The number of benzene rings is 1. The van der Waals surface area contributed by atoms with Gasteiger partial charge in [0.25, 0.3) is 0 Å². The van der Waals surface area contributed by atoms with Crippen molar-refractivity contribution in [2.45, 2.75) is 19.4 Å². The Kier molecular flexibility index (Phi) is 4.27. The zero-order valence-corrected chi connectivity index (χ0v) is 11.9. The number of nitro benzene ring substituents is 1. The Morgan fingerprint density at radius 2 is 2.26 bits per heavy atom. The van der Waals surface area contributed by atoms with E-state index >= 15 is 0 Å². The quantitative estimate of drug-likeness (QED) is 0.684. The second-order valence-electron chi connectivity index (χ2n) is 5.17. The average molecular weight is 284 g/mol. The molecule has 1 N–H and O–H groups in total. The summed E-state index contributed by atoms with van der Waals surface area (Å²) in [5.41, 5.74) is 0.481. The average Bonchev–Trinajstić information content (AvgIpc) is 2.32. The second-order valence-corrected chi connectivity index (χ2v) is 5.58. The molecular formula is C13H18ClN3O2. The molecule has 19 heavy (non-hydrogen) atoms. The number of anilines is 1. The minimum atomic E-state index is -0.426. The van der Waals surface area contributed by atoms with Gasteiger partial charge in [-0.2, -0.15) is 0 Å². The highest BCUT2D eigenvalue weighted by molar-refractivity contribution is 6.33. The zero-order valence-electron chi connectivity index (χ0n) is 11.1. The molecule has 2 unspecified atom stereocenters. The molecule has 5 nitrogen and oxygen atoms in total. The van der Waals surface area contributed by atoms with Gasteiger partial charge < -0.3 is 10.2 Å². The van der Waals surface area contributed by atoms with E-state index in [1.165, 1.54) is 0 Å². The van der Waals surface area contributed by atoms with Crippen molar-refractivity contribution >= 4 is 23.0 Å². The van der Waals surface area contributed by atoms with Gasteiger partial charge in [0.1, 0.15) is 10.7 Å². The fourth-order valence-electron chi connectivity index (χ4n) is 2.59. The Labute approximate surface area is 117 Å². The van der Waals surface area contributed by atoms with E-state index in [-0.39, 0.29) is 16.8 Å². The fourth-order valence-corrected chi connectivity index (χ4v) is 2.83. The van der Waals surface area contributed by atoms with Crippen molar-refractivity contribution in [2.75, 3.05) is 25.5 Å². The van der Waals surface area contributed by atoms with Crippen molar-refractivity contribution in [1.29, 1.82) is 0 Å². The van der Waals surface area contributed by atoms with Crippen molar-refractivity contribution in [3.8, 4) is 0 Å². The lowest BCUT2D eigenvalue weighted by Gasteiger charge is -2.35. The van der Waals surface area contributed by atoms with Crippen LogP contribution in [-0.4, -0.2) is 36.0 Å². The van der Waals surface area contributed by atoms with Crippen LogP contribution in [0.1, 0.15) is 13.3 Å². The summed E-state index contributed by atoms with van der Waals surface area (Å²) >= 11 is 5.91. The topological polar surface area (TPSA) is 58.4 Å². The van der Waals surface area contributed by atoms with Crippen molar-refractivity contribution in [3.63, 3.8) is 0 Å². The predicted molar refractivity (Wildman–Crippen MR) is 76.8 cm³/mol. The molecule has 1 heterocycles. The minimum absolute atomic E-state index is 0.0321. The monoisotopic (exact) mass is 283 g/mol. The van der Waals surface area contributed by atoms with E-state index in [1.54, 1.807) is 18.2 Å². The summed E-state index contributed by atoms with van der Waals surface area (Å²) in [6, 6.07) is 5.24. The summed E-state index contributed by atoms with van der Waals surface area (Å²) in [5, 5.41) is 14.6. The molecule has 0 aromatic heterocycles. The summed E-state index contributed by atoms with van der Waals surface area (Å²) in [7, 11) is 2.09. The van der Waals surface area contributed by atoms with E-state index in [0.717, 1.165) is 19.5 Å². The molecule has 1 aromatic rings. The SMILES string of the molecule is CC1CN(C)CCC1Nc1cccc(Cl)c1[N+](=O)[O-]. The van der Waals surface area contributed by atoms with Crippen LogP contribution in [0.25, 0.3) is 0 Å². The van der Waals surface area contributed by atoms with Gasteiger partial charge in [-0.3, -0.25) is 10.1 Å². The van der Waals surface area contributed by atoms with E-state index in [2.05, 4.69) is 24.2 Å². The van der Waals surface area contributed by atoms with Crippen LogP contribution in [0.5, 0.6) is 0 Å². The highest BCUT2D eigenvalue weighted by Crippen LogP contribution is 2.34. The minimum Gasteiger partial charge on any atom is -0.376 e. The lowest BCUT2D eigenvalue weighted by molar-refractivity contribution is -0.383. The number of hydrogen-bond donors (Lipinski definition) is 1. The Bertz CT molecular complexity index is 481. The van der Waals surface area contributed by atoms with Gasteiger partial charge in [-0.25, -0.2) is 0 Å². The first kappa shape index (κ1) is 14.1. The zero-order chi connectivity index (χ0) is 14.0. The summed E-state index contributed by atoms with van der Waals surface area (Å²) < 4.78 is 0. The van der Waals surface area contributed by atoms with E-state index < -0.39 is 4.92 Å². The maximum absolute atomic E-state index is 11.1. The Balaban J connectivity index is 2.19. The third-order valence-corrected chi connectivity index (χ3v) is 3.92. The molecule has 1 saturated heterocycles. The lowest BCUT2D eigenvalue weighted by atomic mass is 9.94. The largest absolute Gasteiger partial charge is 0.376 e. The Morgan fingerprint density at radius 3 is 2.89 bits per heavy atom. The molecule has 1 aliphatic rings. The number of halogens is 1. The molecule has 0 bridgehead atoms. The number of hydrogen-bond acceptors (Lipinski definition) is 4. The van der Waals surface area contributed by atoms with Gasteiger partial charge >= 0.3 is 5.69 Å². The predicted octanol–water partition coefficient (Wildman–Crippen LogP) is 3.00. The molecule has 0 spiro atoms. The molecule has 1 aromatic carbocycles. The molecule has 0 amide bonds. The summed E-state index contributed by atoms with van der Waals surface area (Å²) in [4.78, 5) is 12.9. The number of para-hydroxylation sites is 1. The highest BCUT2D eigenvalue weighted by Gasteiger charge is 2.27. The van der Waals surface area contributed by atoms with Crippen LogP contribution in [0.4, 0.5) is 11.4 Å². The van der Waals surface area contributed by atoms with Crippen molar-refractivity contribution in [3.05, 3.63) is 33.3 Å². The standard InChI is InChI=1S/C13H18ClN3O2/c1-9-8-16(2)7-6-11(9)15-12-5-3-4-10(14)13(12)17(18)19/h3-5,9,11,15H,6-8H2,1-2H3. The molecule has 6 heteroatoms. The molecule has 104 valence electrons. The molecular weight excluding hydrogens is 266 g/mol. The third kappa shape index (κ3) is 3.16. The van der Waals surface area contributed by atoms with Crippen LogP contribution in [0.15, 0.2) is 18.2 Å². The van der Waals surface area contributed by atoms with Gasteiger partial charge in [-0.15, -0.1) is 0 Å². The number of piperidine rings is 1. The van der Waals surface area contributed by atoms with Crippen LogP contribution in [-0.2, 0) is 0 Å². The molecule has 0 aliphatic carbocycles. The summed E-state index contributed by atoms with van der Waals surface area (Å²) in [5.74, 6) is 0.442. The van der Waals surface area contributed by atoms with Crippen molar-refractivity contribution in [1.82, 2.24) is 4.90 Å². The van der Waals surface area contributed by atoms with Crippen LogP contribution >= 0.6 is 11.6 Å². The van der Waals surface area contributed by atoms with Crippen LogP contribution in [0.3, 0.4) is 0 Å². The molecule has 0 radical (unpaired) electrons. The smallest absolute Gasteiger partial charge is 0.310 e. The van der Waals surface area contributed by atoms with Gasteiger partial charge in [0.2, 0.25) is 0 Å². The van der Waals surface area contributed by atoms with Crippen LogP contribution < -0.4 is 5.32 Å². The molecule has 2 rings (SSSR count). The fraction of sp³-hybridized carbons (Fsp3) is 0.538. The maximum Gasteiger partial charge on any atom is 0.310 e. The number of nitro groups is 1. The number of likely N-dealkylation sites (tertiary alicyclic amines) is 1. The van der Waals surface area contributed by atoms with E-state index in [4.69, 9.17) is 11.6 Å². The van der Waals surface area contributed by atoms with Gasteiger partial charge in [-0.05, 0) is 38.1 Å². The third-order valence-electron chi connectivity index (χ3n) is 3.62. The van der Waals surface area contributed by atoms with Gasteiger partial charge in [0, 0.05) is 12.6 Å². The first-order chi connectivity index (χ1) is 8.99. The molecule has 1 fully saturated rings. The number of nitrogens with zero attached hydrogens (tertiary/aromatic N) is 2. The summed E-state index contributed by atoms with van der Waals surface area (Å²) in [6.45, 7) is 4.14. The van der Waals surface area contributed by atoms with E-state index in [1.807, 2.05) is 0 Å². The molecule has 0 saturated carbocycles. The first-order valence-corrected chi connectivity index (χ1v) is 6.75. The number of rotatable bonds is 3. The maximum atomic E-state index is 11.1. The van der Waals surface area contributed by atoms with Crippen LogP contribution in [0.2, 0.25) is 5.02 Å². The van der Waals surface area contributed by atoms with Gasteiger partial charge in [0.15, 0.2) is 0 Å². The number of nitrogens with one attached hydrogen (secondary N) is 1. The first-order valence-electron chi connectivity index (χ1n) is 6.37. The van der Waals surface area contributed by atoms with Crippen molar-refractivity contribution in [2.24, 2.45) is 5.92 Å². The van der Waals surface area contributed by atoms with Crippen molar-refractivity contribution < 1.29 is 4.92 Å². The molecule has 1 aliphatic heterocycles. The highest BCUT2D eigenvalue weighted by atomic mass is 35.5. The lowest BCUT2D eigenvalue weighted by Crippen LogP contribution is -2.43. The second kappa shape index (κ2) is 5.75. The summed E-state index contributed by atoms with van der Waals surface area (Å²) in [6.07, 6.45) is 0.974. The van der Waals surface area contributed by atoms with Crippen LogP contribution in [0, 0.1) is 16.0 Å².